The molecule has 4 aromatic carbocycles. The summed E-state index contributed by atoms with van der Waals surface area (Å²) < 4.78 is 88.9. The average molecular weight is 678 g/mol. The van der Waals surface area contributed by atoms with Crippen LogP contribution in [-0.4, -0.2) is 21.3 Å². The molecular formula is C30H14ClF6N3O7. The predicted octanol–water partition coefficient (Wildman–Crippen LogP) is 8.19. The monoisotopic (exact) mass is 677 g/mol. The maximum Gasteiger partial charge on any atom is 0.573 e. The second-order valence-electron chi connectivity index (χ2n) is 9.33. The fraction of sp³-hybridized carbons (Fsp3) is 0.0667. The number of rotatable bonds is 4. The number of halogens is 7. The van der Waals surface area contributed by atoms with Gasteiger partial charge in [0.05, 0.1) is 26.5 Å². The first-order valence-corrected chi connectivity index (χ1v) is 13.2. The fourth-order valence-electron chi connectivity index (χ4n) is 4.23. The van der Waals surface area contributed by atoms with Gasteiger partial charge >= 0.3 is 23.8 Å². The number of nitro benzene ring substituents is 1. The van der Waals surface area contributed by atoms with Crippen LogP contribution in [0.3, 0.4) is 0 Å². The Morgan fingerprint density at radius 3 is 1.85 bits per heavy atom. The third kappa shape index (κ3) is 7.38. The molecule has 240 valence electrons. The van der Waals surface area contributed by atoms with Crippen LogP contribution in [0.2, 0.25) is 5.02 Å². The minimum Gasteiger partial charge on any atom is -0.406 e. The number of fused-ring (bicyclic) bond motifs is 2. The van der Waals surface area contributed by atoms with Crippen molar-refractivity contribution in [3.05, 3.63) is 126 Å². The lowest BCUT2D eigenvalue weighted by Gasteiger charge is -2.09. The molecule has 0 N–H and O–H groups in total. The Bertz CT molecular complexity index is 2270. The van der Waals surface area contributed by atoms with Crippen LogP contribution in [0.1, 0.15) is 5.56 Å². The molecule has 0 aliphatic heterocycles. The summed E-state index contributed by atoms with van der Waals surface area (Å²) in [5.74, 6) is -0.915. The van der Waals surface area contributed by atoms with E-state index in [1.807, 2.05) is 0 Å². The van der Waals surface area contributed by atoms with Gasteiger partial charge in [0.25, 0.3) is 5.69 Å². The lowest BCUT2D eigenvalue weighted by molar-refractivity contribution is -0.383. The van der Waals surface area contributed by atoms with E-state index in [0.717, 1.165) is 36.4 Å². The molecule has 10 nitrogen and oxygen atoms in total. The highest BCUT2D eigenvalue weighted by Crippen LogP contribution is 2.32. The molecule has 0 atom stereocenters. The van der Waals surface area contributed by atoms with Crippen LogP contribution < -0.4 is 16.0 Å². The SMILES string of the molecule is O=c1oc(-c2cccc(C(F)(F)F)c2)nc2cccc([N+](=O)[O-])c12.O=c1oc(-c2cccc(OC(F)(F)F)c2)nc2cccc(Cl)c12. The lowest BCUT2D eigenvalue weighted by Crippen LogP contribution is -2.17. The molecule has 47 heavy (non-hydrogen) atoms. The van der Waals surface area contributed by atoms with E-state index in [9.17, 15) is 46.0 Å². The summed E-state index contributed by atoms with van der Waals surface area (Å²) >= 11 is 5.91. The van der Waals surface area contributed by atoms with Crippen molar-refractivity contribution in [2.45, 2.75) is 12.5 Å². The molecule has 6 aromatic rings. The Labute approximate surface area is 261 Å². The van der Waals surface area contributed by atoms with E-state index in [0.29, 0.717) is 0 Å². The predicted molar refractivity (Wildman–Crippen MR) is 155 cm³/mol. The molecule has 0 spiro atoms. The van der Waals surface area contributed by atoms with Crippen LogP contribution in [0.15, 0.2) is 103 Å². The van der Waals surface area contributed by atoms with Crippen LogP contribution in [-0.2, 0) is 6.18 Å². The number of ether oxygens (including phenoxy) is 1. The van der Waals surface area contributed by atoms with Crippen molar-refractivity contribution in [3.63, 3.8) is 0 Å². The number of nitro groups is 1. The second-order valence-corrected chi connectivity index (χ2v) is 9.74. The van der Waals surface area contributed by atoms with Gasteiger partial charge in [0, 0.05) is 17.2 Å². The molecule has 6 rings (SSSR count). The average Bonchev–Trinajstić information content (AvgIpc) is 3.00. The summed E-state index contributed by atoms with van der Waals surface area (Å²) in [4.78, 5) is 42.3. The second kappa shape index (κ2) is 12.6. The maximum atomic E-state index is 12.8. The van der Waals surface area contributed by atoms with E-state index < -0.39 is 45.7 Å². The van der Waals surface area contributed by atoms with E-state index in [1.54, 1.807) is 12.1 Å². The third-order valence-corrected chi connectivity index (χ3v) is 6.51. The molecule has 17 heteroatoms. The summed E-state index contributed by atoms with van der Waals surface area (Å²) in [5.41, 5.74) is -2.81. The van der Waals surface area contributed by atoms with Crippen LogP contribution in [0.4, 0.5) is 32.0 Å². The van der Waals surface area contributed by atoms with Crippen LogP contribution in [0, 0.1) is 10.1 Å². The number of aromatic nitrogens is 2. The van der Waals surface area contributed by atoms with Crippen molar-refractivity contribution in [2.24, 2.45) is 0 Å². The number of non-ortho nitro benzene ring substituents is 1. The van der Waals surface area contributed by atoms with Gasteiger partial charge in [0.15, 0.2) is 5.39 Å². The normalized spacial score (nSPS) is 11.6. The Balaban J connectivity index is 0.000000185. The van der Waals surface area contributed by atoms with Gasteiger partial charge in [-0.25, -0.2) is 19.6 Å². The highest BCUT2D eigenvalue weighted by Gasteiger charge is 2.32. The van der Waals surface area contributed by atoms with E-state index in [1.165, 1.54) is 36.4 Å². The van der Waals surface area contributed by atoms with E-state index in [-0.39, 0.29) is 49.7 Å². The van der Waals surface area contributed by atoms with Crippen molar-refractivity contribution in [1.82, 2.24) is 9.97 Å². The van der Waals surface area contributed by atoms with Gasteiger partial charge in [-0.2, -0.15) is 13.2 Å². The fourth-order valence-corrected chi connectivity index (χ4v) is 4.48. The molecule has 0 bridgehead atoms. The number of benzene rings is 4. The van der Waals surface area contributed by atoms with Crippen LogP contribution in [0.25, 0.3) is 44.7 Å². The number of hydrogen-bond donors (Lipinski definition) is 0. The molecule has 0 saturated heterocycles. The molecule has 0 unspecified atom stereocenters. The van der Waals surface area contributed by atoms with Crippen molar-refractivity contribution in [3.8, 4) is 28.7 Å². The molecule has 2 heterocycles. The van der Waals surface area contributed by atoms with Crippen molar-refractivity contribution in [2.75, 3.05) is 0 Å². The molecular weight excluding hydrogens is 664 g/mol. The van der Waals surface area contributed by atoms with Gasteiger partial charge in [0.1, 0.15) is 11.1 Å². The van der Waals surface area contributed by atoms with Crippen molar-refractivity contribution >= 4 is 39.1 Å². The molecule has 0 aliphatic rings. The molecule has 0 aliphatic carbocycles. The molecule has 0 fully saturated rings. The summed E-state index contributed by atoms with van der Waals surface area (Å²) in [7, 11) is 0. The van der Waals surface area contributed by atoms with Gasteiger partial charge in [-0.3, -0.25) is 10.1 Å². The highest BCUT2D eigenvalue weighted by atomic mass is 35.5. The van der Waals surface area contributed by atoms with Gasteiger partial charge in [-0.1, -0.05) is 35.9 Å². The minimum atomic E-state index is -4.82. The first-order chi connectivity index (χ1) is 22.1. The van der Waals surface area contributed by atoms with Crippen LogP contribution in [0.5, 0.6) is 5.75 Å². The first-order valence-electron chi connectivity index (χ1n) is 12.8. The summed E-state index contributed by atoms with van der Waals surface area (Å²) in [6, 6.07) is 17.5. The number of alkyl halides is 6. The summed E-state index contributed by atoms with van der Waals surface area (Å²) in [5, 5.41) is 10.9. The smallest absolute Gasteiger partial charge is 0.406 e. The lowest BCUT2D eigenvalue weighted by atomic mass is 10.1. The van der Waals surface area contributed by atoms with Crippen LogP contribution >= 0.6 is 11.6 Å². The number of hydrogen-bond acceptors (Lipinski definition) is 9. The Morgan fingerprint density at radius 1 is 0.723 bits per heavy atom. The van der Waals surface area contributed by atoms with Crippen molar-refractivity contribution < 1.29 is 44.8 Å². The molecule has 0 radical (unpaired) electrons. The quantitative estimate of drug-likeness (QED) is 0.103. The largest absolute Gasteiger partial charge is 0.573 e. The molecule has 0 saturated carbocycles. The van der Waals surface area contributed by atoms with Gasteiger partial charge in [-0.15, -0.1) is 13.2 Å². The van der Waals surface area contributed by atoms with E-state index >= 15 is 0 Å². The Kier molecular flexibility index (Phi) is 8.71. The zero-order valence-corrected chi connectivity index (χ0v) is 23.7. The summed E-state index contributed by atoms with van der Waals surface area (Å²) in [6.45, 7) is 0. The van der Waals surface area contributed by atoms with E-state index in [4.69, 9.17) is 20.4 Å². The van der Waals surface area contributed by atoms with Gasteiger partial charge in [0.2, 0.25) is 11.8 Å². The minimum absolute atomic E-state index is 0.0344. The Morgan fingerprint density at radius 2 is 1.26 bits per heavy atom. The topological polar surface area (TPSA) is 139 Å². The first kappa shape index (κ1) is 32.6. The molecule has 2 aromatic heterocycles. The molecule has 0 amide bonds. The standard InChI is InChI=1S/C15H7ClF3NO3.C15H7F3N2O4/c16-10-5-2-6-11-12(10)14(21)22-13(20-11)8-3-1-4-9(7-8)23-15(17,18)19;16-15(17,18)9-4-1-3-8(7-9)13-19-10-5-2-6-11(20(22)23)12(10)14(21)24-13/h1-7H;1-7H. The third-order valence-electron chi connectivity index (χ3n) is 6.19. The van der Waals surface area contributed by atoms with Gasteiger partial charge in [-0.05, 0) is 54.6 Å². The maximum absolute atomic E-state index is 12.8. The Hall–Kier alpha value is -5.77. The highest BCUT2D eigenvalue weighted by molar-refractivity contribution is 6.35. The van der Waals surface area contributed by atoms with Crippen molar-refractivity contribution in [1.29, 1.82) is 0 Å². The summed E-state index contributed by atoms with van der Waals surface area (Å²) in [6.07, 6.45) is -9.38. The van der Waals surface area contributed by atoms with E-state index in [2.05, 4.69) is 14.7 Å². The zero-order chi connectivity index (χ0) is 34.1. The van der Waals surface area contributed by atoms with Gasteiger partial charge < -0.3 is 13.6 Å². The number of nitrogens with zero attached hydrogens (tertiary/aromatic N) is 3. The zero-order valence-electron chi connectivity index (χ0n) is 22.9.